The first kappa shape index (κ1) is 9.08. The molecule has 1 aliphatic carbocycles. The minimum atomic E-state index is 0.455. The molecule has 0 saturated heterocycles. The Kier molecular flexibility index (Phi) is 2.33. The quantitative estimate of drug-likeness (QED) is 0.646. The summed E-state index contributed by atoms with van der Waals surface area (Å²) >= 11 is 5.94. The van der Waals surface area contributed by atoms with Gasteiger partial charge in [-0.3, -0.25) is 0 Å². The van der Waals surface area contributed by atoms with Crippen LogP contribution < -0.4 is 0 Å². The van der Waals surface area contributed by atoms with Gasteiger partial charge in [0.25, 0.3) is 0 Å². The van der Waals surface area contributed by atoms with Crippen LogP contribution in [0.5, 0.6) is 0 Å². The van der Waals surface area contributed by atoms with E-state index in [-0.39, 0.29) is 0 Å². The Morgan fingerprint density at radius 2 is 1.85 bits per heavy atom. The lowest BCUT2D eigenvalue weighted by Crippen LogP contribution is -2.06. The van der Waals surface area contributed by atoms with E-state index in [0.29, 0.717) is 5.41 Å². The van der Waals surface area contributed by atoms with Crippen molar-refractivity contribution in [1.29, 1.82) is 0 Å². The summed E-state index contributed by atoms with van der Waals surface area (Å²) in [4.78, 5) is 0. The molecule has 0 nitrogen and oxygen atoms in total. The fraction of sp³-hybridized carbons (Fsp3) is 0.500. The number of hydrogen-bond acceptors (Lipinski definition) is 0. The van der Waals surface area contributed by atoms with E-state index in [1.54, 1.807) is 0 Å². The monoisotopic (exact) mass is 194 g/mol. The van der Waals surface area contributed by atoms with E-state index in [2.05, 4.69) is 31.2 Å². The highest BCUT2D eigenvalue weighted by Gasteiger charge is 2.41. The van der Waals surface area contributed by atoms with Crippen LogP contribution in [0.3, 0.4) is 0 Å². The van der Waals surface area contributed by atoms with Crippen molar-refractivity contribution in [1.82, 2.24) is 0 Å². The summed E-state index contributed by atoms with van der Waals surface area (Å²) in [7, 11) is 0. The predicted octanol–water partition coefficient (Wildman–Crippen LogP) is 3.56. The second-order valence-electron chi connectivity index (χ2n) is 4.30. The maximum absolute atomic E-state index is 5.94. The molecule has 70 valence electrons. The SMILES string of the molecule is Cc1ccc(CC2(CCl)CC2)cc1. The molecule has 0 radical (unpaired) electrons. The molecule has 1 fully saturated rings. The minimum absolute atomic E-state index is 0.455. The van der Waals surface area contributed by atoms with Crippen LogP contribution in [0.15, 0.2) is 24.3 Å². The molecule has 0 bridgehead atoms. The van der Waals surface area contributed by atoms with Crippen molar-refractivity contribution in [2.75, 3.05) is 5.88 Å². The summed E-state index contributed by atoms with van der Waals surface area (Å²) in [6.07, 6.45) is 3.78. The Morgan fingerprint density at radius 1 is 1.23 bits per heavy atom. The Hall–Kier alpha value is -0.490. The number of halogens is 1. The van der Waals surface area contributed by atoms with Crippen molar-refractivity contribution in [2.24, 2.45) is 5.41 Å². The van der Waals surface area contributed by atoms with Gasteiger partial charge in [0, 0.05) is 5.88 Å². The van der Waals surface area contributed by atoms with Crippen LogP contribution >= 0.6 is 11.6 Å². The van der Waals surface area contributed by atoms with Gasteiger partial charge < -0.3 is 0 Å². The Bertz CT molecular complexity index is 282. The second kappa shape index (κ2) is 3.34. The third-order valence-electron chi connectivity index (χ3n) is 2.94. The van der Waals surface area contributed by atoms with E-state index in [4.69, 9.17) is 11.6 Å². The third kappa shape index (κ3) is 2.05. The molecule has 0 aromatic heterocycles. The molecule has 2 rings (SSSR count). The molecule has 0 amide bonds. The molecule has 1 aromatic carbocycles. The summed E-state index contributed by atoms with van der Waals surface area (Å²) in [5, 5.41) is 0. The lowest BCUT2D eigenvalue weighted by atomic mass is 9.98. The molecule has 1 aromatic rings. The van der Waals surface area contributed by atoms with Gasteiger partial charge in [-0.05, 0) is 37.2 Å². The molecular weight excluding hydrogens is 180 g/mol. The van der Waals surface area contributed by atoms with E-state index in [1.807, 2.05) is 0 Å². The largest absolute Gasteiger partial charge is 0.126 e. The van der Waals surface area contributed by atoms with Crippen LogP contribution in [-0.4, -0.2) is 5.88 Å². The maximum Gasteiger partial charge on any atom is 0.0283 e. The minimum Gasteiger partial charge on any atom is -0.126 e. The first-order chi connectivity index (χ1) is 6.24. The van der Waals surface area contributed by atoms with Crippen molar-refractivity contribution in [2.45, 2.75) is 26.2 Å². The Morgan fingerprint density at radius 3 is 2.31 bits per heavy atom. The number of aryl methyl sites for hydroxylation is 1. The average molecular weight is 195 g/mol. The summed E-state index contributed by atoms with van der Waals surface area (Å²) in [6.45, 7) is 2.12. The van der Waals surface area contributed by atoms with Crippen molar-refractivity contribution >= 4 is 11.6 Å². The summed E-state index contributed by atoms with van der Waals surface area (Å²) in [5.41, 5.74) is 3.22. The van der Waals surface area contributed by atoms with Gasteiger partial charge in [0.2, 0.25) is 0 Å². The standard InChI is InChI=1S/C12H15Cl/c1-10-2-4-11(5-3-10)8-12(9-13)6-7-12/h2-5H,6-9H2,1H3. The second-order valence-corrected chi connectivity index (χ2v) is 4.56. The Balaban J connectivity index is 2.06. The first-order valence-corrected chi connectivity index (χ1v) is 5.39. The molecule has 1 aliphatic rings. The molecule has 1 saturated carbocycles. The number of hydrogen-bond donors (Lipinski definition) is 0. The van der Waals surface area contributed by atoms with Crippen molar-refractivity contribution in [3.8, 4) is 0 Å². The van der Waals surface area contributed by atoms with E-state index >= 15 is 0 Å². The summed E-state index contributed by atoms with van der Waals surface area (Å²) in [6, 6.07) is 8.81. The molecule has 0 spiro atoms. The average Bonchev–Trinajstić information content (AvgIpc) is 2.90. The number of rotatable bonds is 3. The molecule has 1 heteroatoms. The van der Waals surface area contributed by atoms with Crippen LogP contribution in [0.4, 0.5) is 0 Å². The highest BCUT2D eigenvalue weighted by atomic mass is 35.5. The van der Waals surface area contributed by atoms with Crippen LogP contribution in [-0.2, 0) is 6.42 Å². The normalized spacial score (nSPS) is 18.6. The molecule has 0 N–H and O–H groups in total. The maximum atomic E-state index is 5.94. The molecule has 0 atom stereocenters. The predicted molar refractivity (Wildman–Crippen MR) is 57.3 cm³/mol. The van der Waals surface area contributed by atoms with Gasteiger partial charge >= 0.3 is 0 Å². The number of benzene rings is 1. The van der Waals surface area contributed by atoms with Gasteiger partial charge in [0.05, 0.1) is 0 Å². The van der Waals surface area contributed by atoms with E-state index in [9.17, 15) is 0 Å². The van der Waals surface area contributed by atoms with E-state index < -0.39 is 0 Å². The van der Waals surface area contributed by atoms with E-state index in [1.165, 1.54) is 24.0 Å². The molecule has 0 heterocycles. The lowest BCUT2D eigenvalue weighted by Gasteiger charge is -2.10. The van der Waals surface area contributed by atoms with Gasteiger partial charge in [-0.1, -0.05) is 29.8 Å². The van der Waals surface area contributed by atoms with Gasteiger partial charge in [0.15, 0.2) is 0 Å². The van der Waals surface area contributed by atoms with E-state index in [0.717, 1.165) is 12.3 Å². The third-order valence-corrected chi connectivity index (χ3v) is 3.51. The van der Waals surface area contributed by atoms with Crippen molar-refractivity contribution in [3.63, 3.8) is 0 Å². The summed E-state index contributed by atoms with van der Waals surface area (Å²) < 4.78 is 0. The fourth-order valence-electron chi connectivity index (χ4n) is 1.67. The summed E-state index contributed by atoms with van der Waals surface area (Å²) in [5.74, 6) is 0.820. The van der Waals surface area contributed by atoms with Gasteiger partial charge in [0.1, 0.15) is 0 Å². The van der Waals surface area contributed by atoms with Crippen molar-refractivity contribution in [3.05, 3.63) is 35.4 Å². The van der Waals surface area contributed by atoms with Crippen molar-refractivity contribution < 1.29 is 0 Å². The molecule has 13 heavy (non-hydrogen) atoms. The zero-order valence-electron chi connectivity index (χ0n) is 8.02. The number of alkyl halides is 1. The van der Waals surface area contributed by atoms with Gasteiger partial charge in [-0.25, -0.2) is 0 Å². The highest BCUT2D eigenvalue weighted by Crippen LogP contribution is 2.49. The fourth-order valence-corrected chi connectivity index (χ4v) is 2.04. The smallest absolute Gasteiger partial charge is 0.0283 e. The van der Waals surface area contributed by atoms with Gasteiger partial charge in [-0.15, -0.1) is 11.6 Å². The molecule has 0 unspecified atom stereocenters. The molecule has 0 aliphatic heterocycles. The lowest BCUT2D eigenvalue weighted by molar-refractivity contribution is 0.578. The highest BCUT2D eigenvalue weighted by molar-refractivity contribution is 6.18. The van der Waals surface area contributed by atoms with Gasteiger partial charge in [-0.2, -0.15) is 0 Å². The zero-order valence-corrected chi connectivity index (χ0v) is 8.77. The van der Waals surface area contributed by atoms with Crippen LogP contribution in [0.25, 0.3) is 0 Å². The first-order valence-electron chi connectivity index (χ1n) is 4.86. The molecular formula is C12H15Cl. The van der Waals surface area contributed by atoms with Crippen LogP contribution in [0.1, 0.15) is 24.0 Å². The Labute approximate surface area is 84.9 Å². The van der Waals surface area contributed by atoms with Crippen LogP contribution in [0.2, 0.25) is 0 Å². The zero-order chi connectivity index (χ0) is 9.31. The van der Waals surface area contributed by atoms with Crippen LogP contribution in [0, 0.1) is 12.3 Å². The topological polar surface area (TPSA) is 0 Å².